The molecule has 0 heterocycles. The first kappa shape index (κ1) is 34.8. The summed E-state index contributed by atoms with van der Waals surface area (Å²) in [6.07, 6.45) is 3.51. The van der Waals surface area contributed by atoms with Gasteiger partial charge in [-0.15, -0.1) is 0 Å². The maximum Gasteiger partial charge on any atom is 0.335 e. The van der Waals surface area contributed by atoms with Gasteiger partial charge < -0.3 is 19.3 Å². The molecule has 0 amide bonds. The number of ether oxygens (including phenoxy) is 3. The molecule has 0 saturated heterocycles. The van der Waals surface area contributed by atoms with Crippen molar-refractivity contribution in [1.29, 1.82) is 0 Å². The minimum atomic E-state index is -0.547. The van der Waals surface area contributed by atoms with Gasteiger partial charge in [0.05, 0.1) is 32.0 Å². The molecule has 4 aromatic carbocycles. The van der Waals surface area contributed by atoms with Crippen LogP contribution in [0.5, 0.6) is 11.5 Å². The van der Waals surface area contributed by atoms with E-state index < -0.39 is 5.97 Å². The van der Waals surface area contributed by atoms with Crippen LogP contribution in [0.15, 0.2) is 102 Å². The lowest BCUT2D eigenvalue weighted by atomic mass is 10.0. The van der Waals surface area contributed by atoms with Crippen molar-refractivity contribution >= 4 is 61.3 Å². The van der Waals surface area contributed by atoms with E-state index in [0.29, 0.717) is 42.5 Å². The lowest BCUT2D eigenvalue weighted by molar-refractivity contribution is -0.139. The third-order valence-corrected chi connectivity index (χ3v) is 8.94. The van der Waals surface area contributed by atoms with E-state index >= 15 is 0 Å². The van der Waals surface area contributed by atoms with E-state index in [1.165, 1.54) is 23.5 Å². The van der Waals surface area contributed by atoms with E-state index in [9.17, 15) is 14.4 Å². The largest absolute Gasteiger partial charge is 0.494 e. The summed E-state index contributed by atoms with van der Waals surface area (Å²) in [5.74, 6) is 1.49. The van der Waals surface area contributed by atoms with Crippen LogP contribution in [0.1, 0.15) is 43.0 Å². The Morgan fingerprint density at radius 3 is 2.07 bits per heavy atom. The van der Waals surface area contributed by atoms with Gasteiger partial charge in [0.2, 0.25) is 10.2 Å². The van der Waals surface area contributed by atoms with Crippen molar-refractivity contribution < 1.29 is 33.7 Å². The Bertz CT molecular complexity index is 1710. The number of aliphatic hydroxyl groups excluding tert-OH is 1. The predicted molar refractivity (Wildman–Crippen MR) is 187 cm³/mol. The van der Waals surface area contributed by atoms with Crippen LogP contribution in [-0.4, -0.2) is 53.5 Å². The maximum absolute atomic E-state index is 13.1. The van der Waals surface area contributed by atoms with E-state index in [2.05, 4.69) is 19.2 Å². The Hall–Kier alpha value is -4.05. The molecule has 0 fully saturated rings. The van der Waals surface area contributed by atoms with Crippen LogP contribution >= 0.6 is 23.5 Å². The molecule has 4 rings (SSSR count). The van der Waals surface area contributed by atoms with Gasteiger partial charge in [-0.25, -0.2) is 4.79 Å². The first-order chi connectivity index (χ1) is 22.2. The molecule has 0 unspecified atom stereocenters. The normalized spacial score (nSPS) is 10.9. The summed E-state index contributed by atoms with van der Waals surface area (Å²) in [5.41, 5.74) is 1.23. The highest BCUT2D eigenvalue weighted by Gasteiger charge is 2.12. The standard InChI is InChI=1S/C37H38O7S2/c1-25(2)36(40)45-21-20-43-30-11-14-32(15-12-30)46-37(41)29-10-16-33-27(22-29)8-9-28-23-31(13-17-34(28)33)42-18-6-4-5-7-19-44-35(39)26(3)24-38/h8-17,22-23,38H,1,3-7,18-21,24H2,2H3. The third-order valence-electron chi connectivity index (χ3n) is 7.03. The molecule has 0 aliphatic heterocycles. The summed E-state index contributed by atoms with van der Waals surface area (Å²) in [6.45, 7) is 9.71. The van der Waals surface area contributed by atoms with E-state index in [1.807, 2.05) is 66.7 Å². The first-order valence-corrected chi connectivity index (χ1v) is 16.9. The van der Waals surface area contributed by atoms with Crippen molar-refractivity contribution in [2.45, 2.75) is 37.5 Å². The molecule has 7 nitrogen and oxygen atoms in total. The Morgan fingerprint density at radius 2 is 1.37 bits per heavy atom. The Morgan fingerprint density at radius 1 is 0.739 bits per heavy atom. The van der Waals surface area contributed by atoms with Crippen LogP contribution < -0.4 is 9.47 Å². The van der Waals surface area contributed by atoms with Crippen LogP contribution in [0.2, 0.25) is 0 Å². The number of hydrogen-bond acceptors (Lipinski definition) is 9. The average Bonchev–Trinajstić information content (AvgIpc) is 3.07. The molecule has 1 N–H and O–H groups in total. The quantitative estimate of drug-likeness (QED) is 0.0396. The fourth-order valence-corrected chi connectivity index (χ4v) is 5.86. The molecule has 240 valence electrons. The van der Waals surface area contributed by atoms with Crippen LogP contribution in [0.25, 0.3) is 21.5 Å². The molecule has 0 aliphatic rings. The second-order valence-electron chi connectivity index (χ2n) is 10.7. The molecule has 0 aromatic heterocycles. The Kier molecular flexibility index (Phi) is 13.3. The molecule has 0 aliphatic carbocycles. The number of unbranched alkanes of at least 4 members (excludes halogenated alkanes) is 3. The molecule has 0 bridgehead atoms. The highest BCUT2D eigenvalue weighted by Crippen LogP contribution is 2.31. The maximum atomic E-state index is 13.1. The van der Waals surface area contributed by atoms with Crippen LogP contribution in [0.3, 0.4) is 0 Å². The highest BCUT2D eigenvalue weighted by molar-refractivity contribution is 8.14. The molecular formula is C37H38O7S2. The zero-order valence-electron chi connectivity index (χ0n) is 25.9. The van der Waals surface area contributed by atoms with Gasteiger partial charge in [0.1, 0.15) is 11.5 Å². The SMILES string of the molecule is C=C(C)C(=O)SCCOc1ccc(SC(=O)c2ccc3c(ccc4cc(OCCCCCCOC(=O)C(=C)CO)ccc43)c2)cc1. The van der Waals surface area contributed by atoms with Crippen molar-refractivity contribution in [3.63, 3.8) is 0 Å². The summed E-state index contributed by atoms with van der Waals surface area (Å²) < 4.78 is 16.7. The van der Waals surface area contributed by atoms with Gasteiger partial charge >= 0.3 is 5.97 Å². The summed E-state index contributed by atoms with van der Waals surface area (Å²) in [7, 11) is 0. The fourth-order valence-electron chi connectivity index (χ4n) is 4.53. The number of thioether (sulfide) groups is 2. The van der Waals surface area contributed by atoms with Gasteiger partial charge in [-0.2, -0.15) is 0 Å². The van der Waals surface area contributed by atoms with Gasteiger partial charge in [0.25, 0.3) is 0 Å². The number of fused-ring (bicyclic) bond motifs is 3. The number of aliphatic hydroxyl groups is 1. The monoisotopic (exact) mass is 658 g/mol. The van der Waals surface area contributed by atoms with E-state index in [0.717, 1.165) is 57.9 Å². The van der Waals surface area contributed by atoms with Crippen LogP contribution in [0.4, 0.5) is 0 Å². The molecule has 0 spiro atoms. The van der Waals surface area contributed by atoms with E-state index in [1.54, 1.807) is 6.92 Å². The first-order valence-electron chi connectivity index (χ1n) is 15.1. The van der Waals surface area contributed by atoms with E-state index in [4.69, 9.17) is 19.3 Å². The lowest BCUT2D eigenvalue weighted by Gasteiger charge is -2.10. The zero-order valence-corrected chi connectivity index (χ0v) is 27.6. The fraction of sp³-hybridized carbons (Fsp3) is 0.270. The number of rotatable bonds is 17. The van der Waals surface area contributed by atoms with Crippen molar-refractivity contribution in [3.05, 3.63) is 103 Å². The van der Waals surface area contributed by atoms with Crippen LogP contribution in [0, 0.1) is 0 Å². The van der Waals surface area contributed by atoms with Crippen LogP contribution in [-0.2, 0) is 14.3 Å². The molecule has 0 atom stereocenters. The van der Waals surface area contributed by atoms with Gasteiger partial charge in [0, 0.05) is 16.2 Å². The molecule has 9 heteroatoms. The van der Waals surface area contributed by atoms with Gasteiger partial charge in [-0.05, 0) is 120 Å². The lowest BCUT2D eigenvalue weighted by Crippen LogP contribution is -2.10. The summed E-state index contributed by atoms with van der Waals surface area (Å²) in [5, 5.41) is 13.0. The smallest absolute Gasteiger partial charge is 0.335 e. The number of carbonyl (C=O) groups is 3. The van der Waals surface area contributed by atoms with E-state index in [-0.39, 0.29) is 22.4 Å². The molecule has 4 aromatic rings. The number of benzene rings is 4. The number of carbonyl (C=O) groups excluding carboxylic acids is 3. The second-order valence-corrected chi connectivity index (χ2v) is 12.8. The van der Waals surface area contributed by atoms with Gasteiger partial charge in [-0.3, -0.25) is 9.59 Å². The minimum absolute atomic E-state index is 0.0297. The third kappa shape index (κ3) is 10.2. The number of esters is 1. The summed E-state index contributed by atoms with van der Waals surface area (Å²) >= 11 is 2.36. The molecule has 0 radical (unpaired) electrons. The Labute approximate surface area is 278 Å². The molecular weight excluding hydrogens is 621 g/mol. The predicted octanol–water partition coefficient (Wildman–Crippen LogP) is 8.17. The summed E-state index contributed by atoms with van der Waals surface area (Å²) in [6, 6.07) is 23.3. The second kappa shape index (κ2) is 17.6. The highest BCUT2D eigenvalue weighted by atomic mass is 32.2. The van der Waals surface area contributed by atoms with Gasteiger partial charge in [-0.1, -0.05) is 49.2 Å². The minimum Gasteiger partial charge on any atom is -0.494 e. The topological polar surface area (TPSA) is 99.1 Å². The number of hydrogen-bond donors (Lipinski definition) is 1. The summed E-state index contributed by atoms with van der Waals surface area (Å²) in [4.78, 5) is 37.0. The van der Waals surface area contributed by atoms with Crippen molar-refractivity contribution in [1.82, 2.24) is 0 Å². The zero-order chi connectivity index (χ0) is 32.9. The average molecular weight is 659 g/mol. The van der Waals surface area contributed by atoms with Crippen molar-refractivity contribution in [2.75, 3.05) is 32.2 Å². The van der Waals surface area contributed by atoms with Gasteiger partial charge in [0.15, 0.2) is 0 Å². The van der Waals surface area contributed by atoms with Crippen molar-refractivity contribution in [2.24, 2.45) is 0 Å². The van der Waals surface area contributed by atoms with Crippen molar-refractivity contribution in [3.8, 4) is 11.5 Å². The molecule has 46 heavy (non-hydrogen) atoms. The molecule has 0 saturated carbocycles. The Balaban J connectivity index is 1.24.